The minimum atomic E-state index is -1.22. The molecule has 0 saturated heterocycles. The van der Waals surface area contributed by atoms with E-state index in [1.807, 2.05) is 0 Å². The first-order chi connectivity index (χ1) is 7.61. The van der Waals surface area contributed by atoms with Gasteiger partial charge in [-0.1, -0.05) is 0 Å². The Bertz CT molecular complexity index is 552. The van der Waals surface area contributed by atoms with Crippen molar-refractivity contribution < 1.29 is 14.3 Å². The number of aryl methyl sites for hydroxylation is 1. The first kappa shape index (κ1) is 10.2. The number of carboxylic acids is 1. The van der Waals surface area contributed by atoms with E-state index in [1.54, 1.807) is 0 Å². The largest absolute Gasteiger partial charge is 0.477 e. The summed E-state index contributed by atoms with van der Waals surface area (Å²) in [6, 6.07) is 0. The maximum absolute atomic E-state index is 13.6. The molecule has 0 aliphatic rings. The van der Waals surface area contributed by atoms with E-state index in [0.29, 0.717) is 0 Å². The second-order valence-electron chi connectivity index (χ2n) is 3.09. The summed E-state index contributed by atoms with van der Waals surface area (Å²) in [4.78, 5) is 18.2. The van der Waals surface area contributed by atoms with Crippen LogP contribution in [0.1, 0.15) is 16.2 Å². The number of aromatic carboxylic acids is 1. The fraction of sp³-hybridized carbons (Fsp3) is 0.111. The van der Waals surface area contributed by atoms with Gasteiger partial charge < -0.3 is 5.11 Å². The van der Waals surface area contributed by atoms with Crippen molar-refractivity contribution in [1.29, 1.82) is 0 Å². The average molecular weight is 222 g/mol. The van der Waals surface area contributed by atoms with Gasteiger partial charge in [-0.25, -0.2) is 19.2 Å². The van der Waals surface area contributed by atoms with Gasteiger partial charge >= 0.3 is 5.97 Å². The van der Waals surface area contributed by atoms with Gasteiger partial charge in [-0.3, -0.25) is 5.10 Å². The number of rotatable bonds is 2. The molecule has 6 nitrogen and oxygen atoms in total. The zero-order valence-corrected chi connectivity index (χ0v) is 8.23. The third-order valence-electron chi connectivity index (χ3n) is 2.07. The number of carboxylic acid groups (broad SMARTS) is 1. The van der Waals surface area contributed by atoms with Crippen LogP contribution in [-0.4, -0.2) is 31.2 Å². The van der Waals surface area contributed by atoms with Gasteiger partial charge in [-0.2, -0.15) is 5.10 Å². The lowest BCUT2D eigenvalue weighted by Gasteiger charge is -2.01. The fourth-order valence-corrected chi connectivity index (χ4v) is 1.27. The van der Waals surface area contributed by atoms with Gasteiger partial charge in [-0.15, -0.1) is 0 Å². The van der Waals surface area contributed by atoms with Crippen molar-refractivity contribution in [2.45, 2.75) is 6.92 Å². The highest BCUT2D eigenvalue weighted by molar-refractivity contribution is 5.93. The Morgan fingerprint density at radius 3 is 2.94 bits per heavy atom. The molecule has 0 bridgehead atoms. The van der Waals surface area contributed by atoms with Crippen molar-refractivity contribution in [3.05, 3.63) is 29.7 Å². The van der Waals surface area contributed by atoms with E-state index < -0.39 is 11.8 Å². The van der Waals surface area contributed by atoms with E-state index in [9.17, 15) is 9.18 Å². The monoisotopic (exact) mass is 222 g/mol. The van der Waals surface area contributed by atoms with Gasteiger partial charge in [-0.05, 0) is 6.92 Å². The first-order valence-corrected chi connectivity index (χ1v) is 4.35. The van der Waals surface area contributed by atoms with Crippen LogP contribution in [0, 0.1) is 12.7 Å². The molecular weight excluding hydrogens is 215 g/mol. The summed E-state index contributed by atoms with van der Waals surface area (Å²) in [5.41, 5.74) is -0.00584. The molecule has 0 aliphatic carbocycles. The van der Waals surface area contributed by atoms with Gasteiger partial charge in [0.05, 0.1) is 17.5 Å². The Balaban J connectivity index is 2.63. The van der Waals surface area contributed by atoms with Crippen LogP contribution in [0.15, 0.2) is 12.5 Å². The van der Waals surface area contributed by atoms with Gasteiger partial charge in [0.2, 0.25) is 0 Å². The minimum absolute atomic E-state index is 0.0707. The Kier molecular flexibility index (Phi) is 2.35. The van der Waals surface area contributed by atoms with Crippen LogP contribution in [0.5, 0.6) is 0 Å². The molecule has 0 unspecified atom stereocenters. The highest BCUT2D eigenvalue weighted by atomic mass is 19.1. The quantitative estimate of drug-likeness (QED) is 0.791. The van der Waals surface area contributed by atoms with Crippen LogP contribution in [-0.2, 0) is 0 Å². The van der Waals surface area contributed by atoms with E-state index in [2.05, 4.69) is 20.2 Å². The van der Waals surface area contributed by atoms with Crippen LogP contribution < -0.4 is 0 Å². The van der Waals surface area contributed by atoms with Crippen LogP contribution in [0.2, 0.25) is 0 Å². The average Bonchev–Trinajstić information content (AvgIpc) is 2.70. The molecule has 0 saturated carbocycles. The fourth-order valence-electron chi connectivity index (χ4n) is 1.27. The molecule has 2 aromatic heterocycles. The number of hydrogen-bond donors (Lipinski definition) is 2. The second-order valence-corrected chi connectivity index (χ2v) is 3.09. The van der Waals surface area contributed by atoms with Gasteiger partial charge in [0, 0.05) is 0 Å². The zero-order valence-electron chi connectivity index (χ0n) is 8.23. The first-order valence-electron chi connectivity index (χ1n) is 4.35. The van der Waals surface area contributed by atoms with E-state index >= 15 is 0 Å². The molecule has 0 amide bonds. The Morgan fingerprint density at radius 2 is 2.25 bits per heavy atom. The Labute approximate surface area is 89.2 Å². The normalized spacial score (nSPS) is 10.4. The molecule has 2 rings (SSSR count). The molecule has 0 aliphatic heterocycles. The maximum atomic E-state index is 13.6. The Morgan fingerprint density at radius 1 is 1.50 bits per heavy atom. The van der Waals surface area contributed by atoms with Crippen molar-refractivity contribution in [3.63, 3.8) is 0 Å². The van der Waals surface area contributed by atoms with Crippen molar-refractivity contribution in [2.75, 3.05) is 0 Å². The number of H-pyrrole nitrogens is 1. The van der Waals surface area contributed by atoms with Crippen LogP contribution in [0.25, 0.3) is 11.3 Å². The molecule has 82 valence electrons. The summed E-state index contributed by atoms with van der Waals surface area (Å²) in [6.07, 6.45) is 2.39. The van der Waals surface area contributed by atoms with Crippen LogP contribution >= 0.6 is 0 Å². The summed E-state index contributed by atoms with van der Waals surface area (Å²) in [5, 5.41) is 14.7. The molecular formula is C9H7FN4O2. The van der Waals surface area contributed by atoms with E-state index in [1.165, 1.54) is 19.4 Å². The molecule has 2 aromatic rings. The van der Waals surface area contributed by atoms with Gasteiger partial charge in [0.15, 0.2) is 11.5 Å². The second kappa shape index (κ2) is 3.69. The van der Waals surface area contributed by atoms with Gasteiger partial charge in [0.25, 0.3) is 0 Å². The number of hydrogen-bond acceptors (Lipinski definition) is 4. The summed E-state index contributed by atoms with van der Waals surface area (Å²) >= 11 is 0. The molecule has 7 heteroatoms. The third-order valence-corrected chi connectivity index (χ3v) is 2.07. The molecule has 2 N–H and O–H groups in total. The SMILES string of the molecule is Cc1ncnc(-c2cn[nH]c2C(=O)O)c1F. The molecule has 0 atom stereocenters. The lowest BCUT2D eigenvalue weighted by atomic mass is 10.1. The summed E-state index contributed by atoms with van der Waals surface area (Å²) in [7, 11) is 0. The predicted molar refractivity (Wildman–Crippen MR) is 51.3 cm³/mol. The van der Waals surface area contributed by atoms with E-state index in [0.717, 1.165) is 0 Å². The van der Waals surface area contributed by atoms with Crippen molar-refractivity contribution in [1.82, 2.24) is 20.2 Å². The van der Waals surface area contributed by atoms with Gasteiger partial charge in [0.1, 0.15) is 12.0 Å². The smallest absolute Gasteiger partial charge is 0.354 e. The summed E-state index contributed by atoms with van der Waals surface area (Å²) < 4.78 is 13.6. The molecule has 0 fully saturated rings. The van der Waals surface area contributed by atoms with Crippen molar-refractivity contribution in [2.24, 2.45) is 0 Å². The number of nitrogens with one attached hydrogen (secondary N) is 1. The van der Waals surface area contributed by atoms with Crippen molar-refractivity contribution in [3.8, 4) is 11.3 Å². The number of aromatic nitrogens is 4. The standard InChI is InChI=1S/C9H7FN4O2/c1-4-6(10)7(12-3-11-4)5-2-13-14-8(5)9(15)16/h2-3H,1H3,(H,13,14)(H,15,16). The van der Waals surface area contributed by atoms with E-state index in [-0.39, 0.29) is 22.6 Å². The number of nitrogens with zero attached hydrogens (tertiary/aromatic N) is 3. The summed E-state index contributed by atoms with van der Waals surface area (Å²) in [5.74, 6) is -1.87. The lowest BCUT2D eigenvalue weighted by molar-refractivity contribution is 0.0691. The highest BCUT2D eigenvalue weighted by Crippen LogP contribution is 2.23. The summed E-state index contributed by atoms with van der Waals surface area (Å²) in [6.45, 7) is 1.47. The third kappa shape index (κ3) is 1.52. The number of halogens is 1. The molecule has 0 radical (unpaired) electrons. The molecule has 0 spiro atoms. The maximum Gasteiger partial charge on any atom is 0.354 e. The molecule has 0 aromatic carbocycles. The zero-order chi connectivity index (χ0) is 11.7. The lowest BCUT2D eigenvalue weighted by Crippen LogP contribution is -2.02. The van der Waals surface area contributed by atoms with Crippen LogP contribution in [0.4, 0.5) is 4.39 Å². The highest BCUT2D eigenvalue weighted by Gasteiger charge is 2.19. The molecule has 2 heterocycles. The van der Waals surface area contributed by atoms with E-state index in [4.69, 9.17) is 5.11 Å². The predicted octanol–water partition coefficient (Wildman–Crippen LogP) is 1.01. The number of carbonyl (C=O) groups is 1. The Hall–Kier alpha value is -2.31. The number of aromatic amines is 1. The minimum Gasteiger partial charge on any atom is -0.477 e. The topological polar surface area (TPSA) is 91.8 Å². The van der Waals surface area contributed by atoms with Crippen molar-refractivity contribution >= 4 is 5.97 Å². The van der Waals surface area contributed by atoms with Crippen LogP contribution in [0.3, 0.4) is 0 Å². The molecule has 16 heavy (non-hydrogen) atoms.